The van der Waals surface area contributed by atoms with Gasteiger partial charge in [0.05, 0.1) is 0 Å². The van der Waals surface area contributed by atoms with Gasteiger partial charge >= 0.3 is 0 Å². The Morgan fingerprint density at radius 1 is 1.10 bits per heavy atom. The van der Waals surface area contributed by atoms with Crippen LogP contribution < -0.4 is 5.32 Å². The summed E-state index contributed by atoms with van der Waals surface area (Å²) < 4.78 is 1.13. The summed E-state index contributed by atoms with van der Waals surface area (Å²) in [6.45, 7) is 4.42. The summed E-state index contributed by atoms with van der Waals surface area (Å²) in [5.41, 5.74) is 2.60. The largest absolute Gasteiger partial charge is 0.381 e. The molecule has 0 fully saturated rings. The molecule has 1 nitrogen and oxygen atoms in total. The van der Waals surface area contributed by atoms with Gasteiger partial charge in [-0.15, -0.1) is 11.8 Å². The van der Waals surface area contributed by atoms with Gasteiger partial charge in [-0.25, -0.2) is 0 Å². The number of rotatable bonds is 6. The van der Waals surface area contributed by atoms with Gasteiger partial charge in [0, 0.05) is 21.1 Å². The molecule has 0 saturated carbocycles. The predicted octanol–water partition coefficient (Wildman–Crippen LogP) is 5.60. The second kappa shape index (κ2) is 7.75. The second-order valence-corrected chi connectivity index (χ2v) is 7.03. The molecule has 2 rings (SSSR count). The van der Waals surface area contributed by atoms with Crippen molar-refractivity contribution in [3.63, 3.8) is 0 Å². The number of anilines is 1. The van der Waals surface area contributed by atoms with Crippen LogP contribution in [0.1, 0.15) is 19.4 Å². The van der Waals surface area contributed by atoms with Crippen molar-refractivity contribution in [2.75, 3.05) is 11.1 Å². The maximum absolute atomic E-state index is 3.63. The fraction of sp³-hybridized carbons (Fsp3) is 0.294. The van der Waals surface area contributed by atoms with Gasteiger partial charge < -0.3 is 5.32 Å². The average Bonchev–Trinajstić information content (AvgIpc) is 2.44. The monoisotopic (exact) mass is 349 g/mol. The summed E-state index contributed by atoms with van der Waals surface area (Å²) in [5, 5.41) is 3.63. The van der Waals surface area contributed by atoms with E-state index in [1.807, 2.05) is 11.8 Å². The number of benzene rings is 2. The van der Waals surface area contributed by atoms with Gasteiger partial charge in [0.15, 0.2) is 0 Å². The van der Waals surface area contributed by atoms with Crippen molar-refractivity contribution in [2.45, 2.75) is 31.2 Å². The highest BCUT2D eigenvalue weighted by atomic mass is 79.9. The molecule has 0 aromatic heterocycles. The van der Waals surface area contributed by atoms with E-state index in [-0.39, 0.29) is 0 Å². The number of hydrogen-bond acceptors (Lipinski definition) is 2. The Balaban J connectivity index is 2.00. The summed E-state index contributed by atoms with van der Waals surface area (Å²) in [6.07, 6.45) is 1.03. The third-order valence-corrected chi connectivity index (χ3v) is 4.53. The fourth-order valence-corrected chi connectivity index (χ4v) is 3.19. The van der Waals surface area contributed by atoms with E-state index in [1.54, 1.807) is 0 Å². The Hall–Kier alpha value is -0.930. The van der Waals surface area contributed by atoms with Crippen LogP contribution in [-0.2, 0) is 6.42 Å². The minimum absolute atomic E-state index is 0.412. The first kappa shape index (κ1) is 15.5. The van der Waals surface area contributed by atoms with Crippen LogP contribution in [0, 0.1) is 0 Å². The van der Waals surface area contributed by atoms with E-state index in [0.717, 1.165) is 16.6 Å². The third-order valence-electron chi connectivity index (χ3n) is 3.04. The first-order chi connectivity index (χ1) is 9.69. The van der Waals surface area contributed by atoms with Crippen molar-refractivity contribution in [1.82, 2.24) is 0 Å². The minimum atomic E-state index is 0.412. The average molecular weight is 350 g/mol. The van der Waals surface area contributed by atoms with Gasteiger partial charge in [0.25, 0.3) is 0 Å². The van der Waals surface area contributed by atoms with Gasteiger partial charge in [0.2, 0.25) is 0 Å². The zero-order valence-corrected chi connectivity index (χ0v) is 14.3. The second-order valence-electron chi connectivity index (χ2n) is 4.81. The number of halogens is 1. The lowest BCUT2D eigenvalue weighted by molar-refractivity contribution is 0.787. The maximum atomic E-state index is 3.63. The molecule has 0 saturated heterocycles. The predicted molar refractivity (Wildman–Crippen MR) is 93.8 cm³/mol. The van der Waals surface area contributed by atoms with Crippen molar-refractivity contribution in [2.24, 2.45) is 0 Å². The first-order valence-corrected chi connectivity index (χ1v) is 8.69. The Morgan fingerprint density at radius 2 is 1.80 bits per heavy atom. The normalized spacial score (nSPS) is 12.2. The summed E-state index contributed by atoms with van der Waals surface area (Å²) in [4.78, 5) is 1.33. The highest BCUT2D eigenvalue weighted by Crippen LogP contribution is 2.27. The molecule has 20 heavy (non-hydrogen) atoms. The van der Waals surface area contributed by atoms with E-state index < -0.39 is 0 Å². The van der Waals surface area contributed by atoms with Crippen molar-refractivity contribution < 1.29 is 0 Å². The maximum Gasteiger partial charge on any atom is 0.0480 e. The van der Waals surface area contributed by atoms with Crippen molar-refractivity contribution in [3.05, 3.63) is 58.6 Å². The number of nitrogens with one attached hydrogen (secondary N) is 1. The molecule has 0 spiro atoms. The first-order valence-electron chi connectivity index (χ1n) is 6.92. The van der Waals surface area contributed by atoms with Gasteiger partial charge in [-0.2, -0.15) is 0 Å². The van der Waals surface area contributed by atoms with E-state index in [4.69, 9.17) is 0 Å². The van der Waals surface area contributed by atoms with Crippen LogP contribution >= 0.6 is 27.7 Å². The standard InChI is InChI=1S/C17H20BrNS/c1-3-20-17-7-5-4-6-16(17)19-13(2)12-14-8-10-15(18)11-9-14/h4-11,13,19H,3,12H2,1-2H3. The van der Waals surface area contributed by atoms with Gasteiger partial charge in [-0.05, 0) is 48.9 Å². The Morgan fingerprint density at radius 3 is 2.50 bits per heavy atom. The molecular formula is C17H20BrNS. The number of thioether (sulfide) groups is 1. The summed E-state index contributed by atoms with van der Waals surface area (Å²) in [7, 11) is 0. The molecule has 106 valence electrons. The molecule has 0 heterocycles. The molecule has 1 N–H and O–H groups in total. The molecular weight excluding hydrogens is 330 g/mol. The summed E-state index contributed by atoms with van der Waals surface area (Å²) in [6, 6.07) is 17.5. The Labute approximate surface area is 134 Å². The molecule has 2 aromatic rings. The van der Waals surface area contributed by atoms with E-state index in [2.05, 4.69) is 83.6 Å². The number of para-hydroxylation sites is 1. The Kier molecular flexibility index (Phi) is 5.99. The molecule has 1 atom stereocenters. The lowest BCUT2D eigenvalue weighted by Gasteiger charge is -2.18. The van der Waals surface area contributed by atoms with E-state index in [0.29, 0.717) is 6.04 Å². The van der Waals surface area contributed by atoms with E-state index in [9.17, 15) is 0 Å². The quantitative estimate of drug-likeness (QED) is 0.680. The molecule has 1 unspecified atom stereocenters. The zero-order chi connectivity index (χ0) is 14.4. The highest BCUT2D eigenvalue weighted by molar-refractivity contribution is 9.10. The van der Waals surface area contributed by atoms with Crippen LogP contribution in [0.4, 0.5) is 5.69 Å². The number of hydrogen-bond donors (Lipinski definition) is 1. The molecule has 0 radical (unpaired) electrons. The lowest BCUT2D eigenvalue weighted by Crippen LogP contribution is -2.18. The van der Waals surface area contributed by atoms with Crippen molar-refractivity contribution in [1.29, 1.82) is 0 Å². The fourth-order valence-electron chi connectivity index (χ4n) is 2.16. The molecule has 2 aromatic carbocycles. The van der Waals surface area contributed by atoms with Crippen LogP contribution in [0.3, 0.4) is 0 Å². The Bertz CT molecular complexity index is 539. The molecule has 3 heteroatoms. The van der Waals surface area contributed by atoms with Crippen LogP contribution in [0.2, 0.25) is 0 Å². The molecule has 0 aliphatic rings. The summed E-state index contributed by atoms with van der Waals surface area (Å²) in [5.74, 6) is 1.10. The van der Waals surface area contributed by atoms with E-state index >= 15 is 0 Å². The highest BCUT2D eigenvalue weighted by Gasteiger charge is 2.07. The van der Waals surface area contributed by atoms with Gasteiger partial charge in [0.1, 0.15) is 0 Å². The summed E-state index contributed by atoms with van der Waals surface area (Å²) >= 11 is 5.36. The van der Waals surface area contributed by atoms with Crippen molar-refractivity contribution >= 4 is 33.4 Å². The zero-order valence-electron chi connectivity index (χ0n) is 11.9. The minimum Gasteiger partial charge on any atom is -0.381 e. The van der Waals surface area contributed by atoms with Crippen LogP contribution in [0.15, 0.2) is 57.9 Å². The van der Waals surface area contributed by atoms with Crippen LogP contribution in [0.25, 0.3) is 0 Å². The third kappa shape index (κ3) is 4.57. The SMILES string of the molecule is CCSc1ccccc1NC(C)Cc1ccc(Br)cc1. The smallest absolute Gasteiger partial charge is 0.0480 e. The van der Waals surface area contributed by atoms with Gasteiger partial charge in [-0.3, -0.25) is 0 Å². The molecule has 0 aliphatic heterocycles. The molecule has 0 bridgehead atoms. The van der Waals surface area contributed by atoms with Crippen LogP contribution in [0.5, 0.6) is 0 Å². The topological polar surface area (TPSA) is 12.0 Å². The molecule has 0 amide bonds. The van der Waals surface area contributed by atoms with E-state index in [1.165, 1.54) is 16.1 Å². The van der Waals surface area contributed by atoms with Crippen molar-refractivity contribution in [3.8, 4) is 0 Å². The van der Waals surface area contributed by atoms with Crippen LogP contribution in [-0.4, -0.2) is 11.8 Å². The van der Waals surface area contributed by atoms with Gasteiger partial charge in [-0.1, -0.05) is 47.1 Å². The lowest BCUT2D eigenvalue weighted by atomic mass is 10.1. The molecule has 0 aliphatic carbocycles.